The number of dihydropyridines is 1. The second-order valence-electron chi connectivity index (χ2n) is 11.7. The molecule has 4 heterocycles. The molecule has 0 aliphatic carbocycles. The van der Waals surface area contributed by atoms with E-state index in [1.54, 1.807) is 6.92 Å². The number of rotatable bonds is 5. The van der Waals surface area contributed by atoms with Gasteiger partial charge in [0, 0.05) is 29.4 Å². The van der Waals surface area contributed by atoms with Gasteiger partial charge in [-0.3, -0.25) is 9.59 Å². The van der Waals surface area contributed by atoms with E-state index in [1.807, 2.05) is 30.7 Å². The highest BCUT2D eigenvalue weighted by molar-refractivity contribution is 6.08. The third kappa shape index (κ3) is 5.05. The Kier molecular flexibility index (Phi) is 6.54. The first-order valence-corrected chi connectivity index (χ1v) is 12.6. The van der Waals surface area contributed by atoms with E-state index in [1.165, 1.54) is 0 Å². The number of hydrogen-bond donors (Lipinski definition) is 2. The van der Waals surface area contributed by atoms with E-state index in [0.717, 1.165) is 34.3 Å². The van der Waals surface area contributed by atoms with Crippen molar-refractivity contribution in [3.8, 4) is 0 Å². The van der Waals surface area contributed by atoms with Crippen molar-refractivity contribution >= 4 is 34.1 Å². The zero-order valence-electron chi connectivity index (χ0n) is 22.9. The van der Waals surface area contributed by atoms with Crippen molar-refractivity contribution in [1.82, 2.24) is 25.4 Å². The molecule has 0 saturated carbocycles. The molecule has 0 radical (unpaired) electrons. The van der Waals surface area contributed by atoms with Gasteiger partial charge in [-0.05, 0) is 86.4 Å². The van der Waals surface area contributed by atoms with Crippen molar-refractivity contribution < 1.29 is 9.59 Å². The Hall–Kier alpha value is -3.13. The van der Waals surface area contributed by atoms with Crippen LogP contribution in [-0.2, 0) is 4.79 Å². The van der Waals surface area contributed by atoms with Crippen LogP contribution in [0.15, 0.2) is 28.8 Å². The summed E-state index contributed by atoms with van der Waals surface area (Å²) in [6.45, 7) is 18.6. The molecule has 0 aromatic carbocycles. The number of aliphatic imine (C=N–C) groups is 1. The fourth-order valence-corrected chi connectivity index (χ4v) is 5.54. The molecule has 1 atom stereocenters. The number of carbonyl (C=O) groups is 2. The summed E-state index contributed by atoms with van der Waals surface area (Å²) in [7, 11) is 0. The maximum absolute atomic E-state index is 13.6. The first-order valence-electron chi connectivity index (χ1n) is 12.6. The average Bonchev–Trinajstić information content (AvgIpc) is 3.07. The zero-order chi connectivity index (χ0) is 26.6. The van der Waals surface area contributed by atoms with Crippen molar-refractivity contribution in [3.63, 3.8) is 0 Å². The molecule has 0 fully saturated rings. The molecule has 2 aliphatic rings. The Balaban J connectivity index is 1.78. The van der Waals surface area contributed by atoms with Crippen molar-refractivity contribution in [3.05, 3.63) is 40.7 Å². The molecule has 4 rings (SSSR count). The number of nitrogens with zero attached hydrogens (tertiary/aromatic N) is 4. The van der Waals surface area contributed by atoms with Crippen LogP contribution in [0.2, 0.25) is 0 Å². The molecular formula is C28H38N6O2. The standard InChI is InChI=1S/C28H38N6O2/c1-15(2)34-24-23(18(5)32-34)20(25(35)29-14-21-16(3)10-17(4)30-26(21)36)11-22(31-24)19-12-27(6,7)33-28(8,9)13-19/h10-12,15,21,33H,13-14H2,1-9H3,(H,29,35). The van der Waals surface area contributed by atoms with Crippen LogP contribution >= 0.6 is 0 Å². The minimum atomic E-state index is -0.456. The van der Waals surface area contributed by atoms with Crippen molar-refractivity contribution in [2.45, 2.75) is 85.9 Å². The number of aryl methyl sites for hydroxylation is 1. The largest absolute Gasteiger partial charge is 0.351 e. The van der Waals surface area contributed by atoms with Gasteiger partial charge in [-0.15, -0.1) is 0 Å². The number of nitrogens with one attached hydrogen (secondary N) is 2. The second kappa shape index (κ2) is 9.07. The van der Waals surface area contributed by atoms with Gasteiger partial charge >= 0.3 is 0 Å². The Morgan fingerprint density at radius 2 is 1.92 bits per heavy atom. The molecule has 2 aliphatic heterocycles. The maximum atomic E-state index is 13.6. The summed E-state index contributed by atoms with van der Waals surface area (Å²) in [5.41, 5.74) is 5.12. The van der Waals surface area contributed by atoms with Gasteiger partial charge in [0.25, 0.3) is 11.8 Å². The fourth-order valence-electron chi connectivity index (χ4n) is 5.54. The summed E-state index contributed by atoms with van der Waals surface area (Å²) < 4.78 is 1.89. The number of fused-ring (bicyclic) bond motifs is 1. The van der Waals surface area contributed by atoms with Crippen molar-refractivity contribution in [1.29, 1.82) is 0 Å². The highest BCUT2D eigenvalue weighted by Crippen LogP contribution is 2.35. The lowest BCUT2D eigenvalue weighted by molar-refractivity contribution is -0.120. The summed E-state index contributed by atoms with van der Waals surface area (Å²) in [6, 6.07) is 1.97. The van der Waals surface area contributed by atoms with Gasteiger partial charge in [-0.25, -0.2) is 14.7 Å². The topological polar surface area (TPSA) is 101 Å². The molecule has 2 aromatic heterocycles. The lowest BCUT2D eigenvalue weighted by atomic mass is 9.82. The summed E-state index contributed by atoms with van der Waals surface area (Å²) in [5.74, 6) is -0.917. The lowest BCUT2D eigenvalue weighted by Gasteiger charge is -2.41. The third-order valence-electron chi connectivity index (χ3n) is 6.77. The minimum absolute atomic E-state index is 0.0866. The van der Waals surface area contributed by atoms with E-state index in [-0.39, 0.29) is 35.5 Å². The van der Waals surface area contributed by atoms with Gasteiger partial charge in [-0.1, -0.05) is 11.6 Å². The predicted octanol–water partition coefficient (Wildman–Crippen LogP) is 4.55. The van der Waals surface area contributed by atoms with Crippen LogP contribution in [0, 0.1) is 12.8 Å². The number of carbonyl (C=O) groups excluding carboxylic acids is 2. The monoisotopic (exact) mass is 490 g/mol. The average molecular weight is 491 g/mol. The van der Waals surface area contributed by atoms with Crippen molar-refractivity contribution in [2.24, 2.45) is 10.9 Å². The molecular weight excluding hydrogens is 452 g/mol. The smallest absolute Gasteiger partial charge is 0.254 e. The number of aromatic nitrogens is 3. The van der Waals surface area contributed by atoms with E-state index < -0.39 is 5.92 Å². The molecule has 192 valence electrons. The van der Waals surface area contributed by atoms with Gasteiger partial charge < -0.3 is 10.6 Å². The molecule has 2 N–H and O–H groups in total. The molecule has 0 spiro atoms. The molecule has 0 bridgehead atoms. The maximum Gasteiger partial charge on any atom is 0.254 e. The number of amides is 2. The van der Waals surface area contributed by atoms with Crippen LogP contribution in [0.1, 0.15) is 89.6 Å². The summed E-state index contributed by atoms with van der Waals surface area (Å²) in [5, 5.41) is 12.1. The summed E-state index contributed by atoms with van der Waals surface area (Å²) >= 11 is 0. The molecule has 2 aromatic rings. The van der Waals surface area contributed by atoms with Gasteiger partial charge in [0.15, 0.2) is 5.65 Å². The number of allylic oxidation sites excluding steroid dienone is 1. The van der Waals surface area contributed by atoms with Crippen LogP contribution in [0.3, 0.4) is 0 Å². The highest BCUT2D eigenvalue weighted by Gasteiger charge is 2.34. The van der Waals surface area contributed by atoms with Crippen LogP contribution in [0.25, 0.3) is 16.6 Å². The van der Waals surface area contributed by atoms with E-state index >= 15 is 0 Å². The van der Waals surface area contributed by atoms with Gasteiger partial charge in [0.2, 0.25) is 0 Å². The van der Waals surface area contributed by atoms with Gasteiger partial charge in [-0.2, -0.15) is 5.10 Å². The Labute approximate surface area is 213 Å². The Bertz CT molecular complexity index is 1340. The van der Waals surface area contributed by atoms with E-state index in [0.29, 0.717) is 16.9 Å². The molecule has 2 amide bonds. The summed E-state index contributed by atoms with van der Waals surface area (Å²) in [4.78, 5) is 35.2. The van der Waals surface area contributed by atoms with E-state index in [2.05, 4.69) is 63.2 Å². The fraction of sp³-hybridized carbons (Fsp3) is 0.536. The Morgan fingerprint density at radius 3 is 2.53 bits per heavy atom. The minimum Gasteiger partial charge on any atom is -0.351 e. The quantitative estimate of drug-likeness (QED) is 0.640. The van der Waals surface area contributed by atoms with Crippen LogP contribution in [-0.4, -0.2) is 49.9 Å². The van der Waals surface area contributed by atoms with E-state index in [4.69, 9.17) is 10.1 Å². The van der Waals surface area contributed by atoms with E-state index in [9.17, 15) is 9.59 Å². The van der Waals surface area contributed by atoms with Crippen LogP contribution in [0.5, 0.6) is 0 Å². The summed E-state index contributed by atoms with van der Waals surface area (Å²) in [6.07, 6.45) is 4.87. The lowest BCUT2D eigenvalue weighted by Crippen LogP contribution is -2.53. The third-order valence-corrected chi connectivity index (χ3v) is 6.77. The molecule has 0 saturated heterocycles. The number of pyridine rings is 1. The SMILES string of the molecule is CC1=CC(C)=NC(=O)C1CNC(=O)c1cc(C2=CC(C)(C)NC(C)(C)C2)nc2c1c(C)nn2C(C)C. The Morgan fingerprint density at radius 1 is 1.22 bits per heavy atom. The zero-order valence-corrected chi connectivity index (χ0v) is 22.9. The highest BCUT2D eigenvalue weighted by atomic mass is 16.2. The normalized spacial score (nSPS) is 21.3. The molecule has 36 heavy (non-hydrogen) atoms. The first-order chi connectivity index (χ1) is 16.7. The number of hydrogen-bond acceptors (Lipinski definition) is 5. The first kappa shape index (κ1) is 25.9. The predicted molar refractivity (Wildman–Crippen MR) is 144 cm³/mol. The molecule has 1 unspecified atom stereocenters. The van der Waals surface area contributed by atoms with Gasteiger partial charge in [0.1, 0.15) is 0 Å². The second-order valence-corrected chi connectivity index (χ2v) is 11.7. The van der Waals surface area contributed by atoms with Crippen LogP contribution < -0.4 is 10.6 Å². The molecule has 8 nitrogen and oxygen atoms in total. The van der Waals surface area contributed by atoms with Crippen LogP contribution in [0.4, 0.5) is 0 Å². The molecule has 8 heteroatoms. The van der Waals surface area contributed by atoms with Gasteiger partial charge in [0.05, 0.1) is 28.3 Å². The van der Waals surface area contributed by atoms with Crippen molar-refractivity contribution in [2.75, 3.05) is 6.54 Å².